The Bertz CT molecular complexity index is 1710. The summed E-state index contributed by atoms with van der Waals surface area (Å²) in [5.41, 5.74) is 10.1. The molecule has 304 valence electrons. The first-order valence-electron chi connectivity index (χ1n) is 17.8. The van der Waals surface area contributed by atoms with Gasteiger partial charge in [-0.3, -0.25) is 14.4 Å². The predicted molar refractivity (Wildman–Crippen MR) is 199 cm³/mol. The second kappa shape index (κ2) is 20.6. The van der Waals surface area contributed by atoms with Crippen LogP contribution in [0.3, 0.4) is 0 Å². The van der Waals surface area contributed by atoms with E-state index in [1.54, 1.807) is 43.3 Å². The van der Waals surface area contributed by atoms with Gasteiger partial charge in [0.1, 0.15) is 30.7 Å². The number of alkyl halides is 1. The van der Waals surface area contributed by atoms with Crippen molar-refractivity contribution in [2.75, 3.05) is 19.1 Å². The van der Waals surface area contributed by atoms with Crippen LogP contribution in [0.25, 0.3) is 10.4 Å². The largest absolute Gasteiger partial charge is 0.463 e. The van der Waals surface area contributed by atoms with Crippen molar-refractivity contribution in [3.8, 4) is 0 Å². The molecule has 0 aliphatic carbocycles. The lowest BCUT2D eigenvalue weighted by Gasteiger charge is -2.48. The number of ether oxygens (including phenoxy) is 9. The minimum absolute atomic E-state index is 0.170. The van der Waals surface area contributed by atoms with Gasteiger partial charge in [-0.15, -0.1) is 11.6 Å². The molecule has 2 aromatic carbocycles. The van der Waals surface area contributed by atoms with Crippen molar-refractivity contribution in [3.05, 3.63) is 82.2 Å². The second-order valence-corrected chi connectivity index (χ2v) is 20.1. The Morgan fingerprint density at radius 1 is 0.768 bits per heavy atom. The van der Waals surface area contributed by atoms with E-state index < -0.39 is 112 Å². The van der Waals surface area contributed by atoms with Crippen molar-refractivity contribution in [1.29, 1.82) is 0 Å². The summed E-state index contributed by atoms with van der Waals surface area (Å²) in [4.78, 5) is 67.1. The van der Waals surface area contributed by atoms with Crippen LogP contribution < -0.4 is 0 Å². The molecule has 4 rings (SSSR count). The first-order valence-corrected chi connectivity index (χ1v) is 22.1. The topological polar surface area (TPSA) is 217 Å². The van der Waals surface area contributed by atoms with Gasteiger partial charge in [-0.2, -0.15) is 0 Å². The molecular weight excluding hydrogens is 774 g/mol. The molecule has 2 aromatic rings. The number of rotatable bonds is 16. The van der Waals surface area contributed by atoms with Crippen LogP contribution in [0.15, 0.2) is 65.8 Å². The minimum atomic E-state index is -1.74. The number of carbonyl (C=O) groups excluding carboxylic acids is 5. The van der Waals surface area contributed by atoms with Gasteiger partial charge < -0.3 is 42.6 Å². The summed E-state index contributed by atoms with van der Waals surface area (Å²) in [6.07, 6.45) is -12.8. The van der Waals surface area contributed by atoms with E-state index in [0.717, 1.165) is 13.8 Å². The van der Waals surface area contributed by atoms with Crippen LogP contribution >= 0.6 is 11.6 Å². The molecule has 17 nitrogen and oxygen atoms in total. The van der Waals surface area contributed by atoms with Crippen molar-refractivity contribution in [2.24, 2.45) is 5.11 Å². The molecule has 0 radical (unpaired) electrons. The highest BCUT2D eigenvalue weighted by atomic mass is 35.5. The Morgan fingerprint density at radius 3 is 1.88 bits per heavy atom. The zero-order valence-electron chi connectivity index (χ0n) is 31.8. The van der Waals surface area contributed by atoms with Crippen LogP contribution in [0.5, 0.6) is 0 Å². The smallest absolute Gasteiger partial charge is 0.338 e. The van der Waals surface area contributed by atoms with E-state index in [1.807, 2.05) is 0 Å². The van der Waals surface area contributed by atoms with Gasteiger partial charge in [0, 0.05) is 33.4 Å². The number of carbonyl (C=O) groups is 5. The van der Waals surface area contributed by atoms with E-state index in [4.69, 9.17) is 54.2 Å². The zero-order valence-corrected chi connectivity index (χ0v) is 33.6. The van der Waals surface area contributed by atoms with E-state index in [-0.39, 0.29) is 17.7 Å². The molecule has 0 amide bonds. The van der Waals surface area contributed by atoms with Crippen LogP contribution in [0.4, 0.5) is 0 Å². The molecule has 0 N–H and O–H groups in total. The third-order valence-electron chi connectivity index (χ3n) is 8.59. The Morgan fingerprint density at radius 2 is 1.36 bits per heavy atom. The normalized spacial score (nSPS) is 27.5. The molecule has 2 fully saturated rings. The maximum atomic E-state index is 13.7. The van der Waals surface area contributed by atoms with Gasteiger partial charge in [-0.25, -0.2) is 9.59 Å². The molecular formula is C37H46ClN3O14Si. The molecule has 0 bridgehead atoms. The first-order chi connectivity index (χ1) is 26.6. The van der Waals surface area contributed by atoms with Gasteiger partial charge in [0.2, 0.25) is 0 Å². The summed E-state index contributed by atoms with van der Waals surface area (Å²) in [5.74, 6) is -4.78. The molecule has 0 aromatic heterocycles. The fourth-order valence-electron chi connectivity index (χ4n) is 5.89. The third kappa shape index (κ3) is 12.5. The Kier molecular flexibility index (Phi) is 16.2. The van der Waals surface area contributed by atoms with Gasteiger partial charge in [0.15, 0.2) is 37.0 Å². The minimum Gasteiger partial charge on any atom is -0.463 e. The van der Waals surface area contributed by atoms with Gasteiger partial charge in [0.05, 0.1) is 17.2 Å². The summed E-state index contributed by atoms with van der Waals surface area (Å²) in [6.45, 7) is 9.93. The van der Waals surface area contributed by atoms with E-state index in [9.17, 15) is 29.5 Å². The van der Waals surface area contributed by atoms with E-state index in [2.05, 4.69) is 29.7 Å². The third-order valence-corrected chi connectivity index (χ3v) is 10.5. The highest BCUT2D eigenvalue weighted by molar-refractivity contribution is 6.76. The maximum Gasteiger partial charge on any atom is 0.338 e. The zero-order chi connectivity index (χ0) is 41.0. The molecule has 2 aliphatic heterocycles. The average molecular weight is 820 g/mol. The van der Waals surface area contributed by atoms with Gasteiger partial charge in [-0.05, 0) is 42.8 Å². The molecule has 2 heterocycles. The predicted octanol–water partition coefficient (Wildman–Crippen LogP) is 4.97. The first kappa shape index (κ1) is 44.2. The standard InChI is InChI=1S/C37H46ClN3O14Si/c1-21-29(53-34(45)24-13-9-7-10-14-24)32(33(37(49-21)47-17-18-56(4,5)6)54-35(46)25-15-11-8-12-16-25)55-36-28(40-41-39)31(52-27(44)19-38)30(50-23(3)43)26(51-36)20-48-22(2)42/h7-16,21,26,28-33,36-37H,17-20H2,1-6H3/t21-,26+,28+,29-,30+,31+,32+,33+,36+,37+/m0/s1. The number of esters is 5. The van der Waals surface area contributed by atoms with Crippen LogP contribution in [-0.4, -0.2) is 118 Å². The van der Waals surface area contributed by atoms with Gasteiger partial charge >= 0.3 is 29.8 Å². The lowest BCUT2D eigenvalue weighted by molar-refractivity contribution is -0.340. The van der Waals surface area contributed by atoms with E-state index in [0.29, 0.717) is 6.04 Å². The van der Waals surface area contributed by atoms with Crippen molar-refractivity contribution in [3.63, 3.8) is 0 Å². The molecule has 10 atom stereocenters. The van der Waals surface area contributed by atoms with Gasteiger partial charge in [-0.1, -0.05) is 61.2 Å². The lowest BCUT2D eigenvalue weighted by Crippen LogP contribution is -2.66. The summed E-state index contributed by atoms with van der Waals surface area (Å²) in [7, 11) is -1.65. The molecule has 0 unspecified atom stereocenters. The molecule has 0 spiro atoms. The average Bonchev–Trinajstić information content (AvgIpc) is 3.15. The Hall–Kier alpha value is -4.55. The summed E-state index contributed by atoms with van der Waals surface area (Å²) in [6, 6.07) is 15.2. The lowest BCUT2D eigenvalue weighted by atomic mass is 9.95. The fourth-order valence-corrected chi connectivity index (χ4v) is 6.68. The van der Waals surface area contributed by atoms with Crippen molar-refractivity contribution in [1.82, 2.24) is 0 Å². The van der Waals surface area contributed by atoms with Crippen molar-refractivity contribution in [2.45, 2.75) is 108 Å². The van der Waals surface area contributed by atoms with Crippen LogP contribution in [0.2, 0.25) is 25.7 Å². The summed E-state index contributed by atoms with van der Waals surface area (Å²) < 4.78 is 53.6. The Balaban J connectivity index is 1.85. The Labute approximate surface area is 329 Å². The monoisotopic (exact) mass is 819 g/mol. The molecule has 56 heavy (non-hydrogen) atoms. The van der Waals surface area contributed by atoms with Gasteiger partial charge in [0.25, 0.3) is 0 Å². The summed E-state index contributed by atoms with van der Waals surface area (Å²) in [5, 5.41) is 3.81. The molecule has 2 saturated heterocycles. The number of halogens is 1. The van der Waals surface area contributed by atoms with E-state index in [1.165, 1.54) is 24.3 Å². The number of benzene rings is 2. The molecule has 0 saturated carbocycles. The number of azide groups is 1. The SMILES string of the molecule is CC(=O)OC[C@H]1O[C@H](O[C@@H]2[C@@H](OC(=O)c3ccccc3)[C@H](C)O[C@@H](OCC[Si](C)(C)C)[C@@H]2OC(=O)c2ccccc2)[C@H](N=[N+]=[N-])[C@@H](OC(=O)CCl)[C@@H]1OC(C)=O. The highest BCUT2D eigenvalue weighted by Gasteiger charge is 2.56. The maximum absolute atomic E-state index is 13.7. The number of hydrogen-bond acceptors (Lipinski definition) is 15. The highest BCUT2D eigenvalue weighted by Crippen LogP contribution is 2.36. The number of nitrogens with zero attached hydrogens (tertiary/aromatic N) is 3. The second-order valence-electron chi connectivity index (χ2n) is 14.2. The summed E-state index contributed by atoms with van der Waals surface area (Å²) >= 11 is 5.78. The van der Waals surface area contributed by atoms with Crippen molar-refractivity contribution >= 4 is 49.5 Å². The molecule has 2 aliphatic rings. The quantitative estimate of drug-likeness (QED) is 0.0416. The van der Waals surface area contributed by atoms with Crippen LogP contribution in [0, 0.1) is 0 Å². The fraction of sp³-hybridized carbons (Fsp3) is 0.541. The van der Waals surface area contributed by atoms with Crippen molar-refractivity contribution < 1.29 is 66.6 Å². The van der Waals surface area contributed by atoms with Crippen LogP contribution in [-0.2, 0) is 57.0 Å². The van der Waals surface area contributed by atoms with Crippen LogP contribution in [0.1, 0.15) is 41.5 Å². The van der Waals surface area contributed by atoms with E-state index >= 15 is 0 Å². The molecule has 19 heteroatoms. The number of hydrogen-bond donors (Lipinski definition) is 0.